The van der Waals surface area contributed by atoms with E-state index in [4.69, 9.17) is 24.8 Å². The number of hydrogen-bond acceptors (Lipinski definition) is 20. The van der Waals surface area contributed by atoms with E-state index in [0.29, 0.717) is 58.6 Å². The van der Waals surface area contributed by atoms with Gasteiger partial charge in [-0.2, -0.15) is 0 Å². The summed E-state index contributed by atoms with van der Waals surface area (Å²) in [6, 6.07) is 57.6. The molecule has 0 aliphatic carbocycles. The van der Waals surface area contributed by atoms with Crippen molar-refractivity contribution in [3.8, 4) is 40.2 Å². The van der Waals surface area contributed by atoms with E-state index in [9.17, 15) is 15.3 Å². The first-order chi connectivity index (χ1) is 66.0. The second-order valence-electron chi connectivity index (χ2n) is 41.7. The summed E-state index contributed by atoms with van der Waals surface area (Å²) in [6.07, 6.45) is 14.0. The molecule has 0 radical (unpaired) electrons. The highest BCUT2D eigenvalue weighted by Crippen LogP contribution is 2.41. The predicted octanol–water partition coefficient (Wildman–Crippen LogP) is 32.0. The molecule has 6 fully saturated rings. The minimum absolute atomic E-state index is 0. The van der Waals surface area contributed by atoms with Gasteiger partial charge in [0.25, 0.3) is 0 Å². The number of H-pyrrole nitrogens is 1. The van der Waals surface area contributed by atoms with Gasteiger partial charge in [0, 0.05) is 195 Å². The molecule has 0 spiro atoms. The Balaban J connectivity index is -0.000000299. The van der Waals surface area contributed by atoms with Crippen molar-refractivity contribution in [1.82, 2.24) is 44.4 Å². The molecule has 6 aliphatic rings. The summed E-state index contributed by atoms with van der Waals surface area (Å²) in [6.45, 7) is 71.6. The summed E-state index contributed by atoms with van der Waals surface area (Å²) in [5.41, 5.74) is 14.9. The van der Waals surface area contributed by atoms with E-state index in [1.807, 2.05) is 33.9 Å². The van der Waals surface area contributed by atoms with Crippen LogP contribution in [0.15, 0.2) is 176 Å². The summed E-state index contributed by atoms with van der Waals surface area (Å²) >= 11 is 0. The fourth-order valence-corrected chi connectivity index (χ4v) is 16.4. The lowest BCUT2D eigenvalue weighted by atomic mass is 10.0. The van der Waals surface area contributed by atoms with Crippen molar-refractivity contribution in [1.29, 1.82) is 0 Å². The van der Waals surface area contributed by atoms with Crippen LogP contribution in [0.25, 0.3) is 0 Å². The third-order valence-corrected chi connectivity index (χ3v) is 26.0. The number of aromatic hydroxyl groups is 6. The van der Waals surface area contributed by atoms with Crippen LogP contribution in [0.2, 0.25) is 0 Å². The van der Waals surface area contributed by atoms with Crippen molar-refractivity contribution in [2.24, 2.45) is 0 Å². The average Bonchev–Trinajstić information content (AvgIpc) is 1.09. The smallest absolute Gasteiger partial charge is 0.200 e. The molecular formula is C129H233N13O8. The number of phenolic OH excluding ortho intramolecular Hbond substituents is 6. The number of nitrogens with zero attached hydrogens (tertiary/aromatic N) is 12. The van der Waals surface area contributed by atoms with Crippen LogP contribution < -0.4 is 24.3 Å². The Morgan fingerprint density at radius 3 is 1.14 bits per heavy atom. The van der Waals surface area contributed by atoms with Crippen molar-refractivity contribution in [2.45, 2.75) is 351 Å². The van der Waals surface area contributed by atoms with E-state index < -0.39 is 5.75 Å². The first-order valence-electron chi connectivity index (χ1n) is 52.3. The van der Waals surface area contributed by atoms with Gasteiger partial charge >= 0.3 is 0 Å². The van der Waals surface area contributed by atoms with E-state index >= 15 is 0 Å². The second-order valence-corrected chi connectivity index (χ2v) is 41.7. The number of phenols is 6. The summed E-state index contributed by atoms with van der Waals surface area (Å²) in [4.78, 5) is 35.7. The standard InChI is InChI=1S/C15H23N.C14H22N2.C14H23NO.C13H19N.C12H18N2.C11H17N.2C9H12O3.C8H18N2.C7H15NO.C6H10N2.11CH4/c1-13(2)15-7-5-14(6-8-15)9-12-16-10-3-4-11-16;1-12(2)13-4-6-14(7-5-13)16-10-8-15(3)9-11-16;1-12(2)13-6-8-14(9-7-13)16-11-5-10-15(3)4;1-11(2)12-5-7-13(8-6-12)14-9-3-4-10-14;1-10(2)11-6-5-7-12(13-11)14-8-3-4-9-14;1-9(2)10-5-7-11(8-6-10)12(3)4;1-5(2)9-7(11)3-6(10)4-8(9)12;1-5(2)6-3-4-7(10)9(12)8(6)11;1-8(2)10-6-4-9(3)5-7-10;1-7(2)8-3-5-9-6-4-8;1-5(2)6-7-3-4-8-6;;;;;;;;;;;/h5-8,13H,3-4,9-12H2,1-2H3;4-7,12H,8-11H2,1-3H3;6-9,12H,5,10-11H2,1-4H3;5-8,11H,3-4,9-10H2,1-2H3;5-7,10H,3-4,8-9H2,1-2H3;5-9H,1-4H3;2*3-5,10-12H,1-2H3;8H,4-7H2,1-3H3;7H,3-6H2,1-2H3;3-5H,1-2H3,(H,7,8);11*1H4. The van der Waals surface area contributed by atoms with Crippen LogP contribution in [0.4, 0.5) is 22.9 Å². The molecule has 9 aromatic rings. The molecule has 7 N–H and O–H groups in total. The van der Waals surface area contributed by atoms with Crippen molar-refractivity contribution in [3.05, 3.63) is 232 Å². The number of piperazine rings is 2. The van der Waals surface area contributed by atoms with Gasteiger partial charge in [-0.1, -0.05) is 291 Å². The van der Waals surface area contributed by atoms with Gasteiger partial charge in [0.15, 0.2) is 11.5 Å². The number of aromatic amines is 1. The van der Waals surface area contributed by atoms with Gasteiger partial charge in [-0.05, 0) is 268 Å². The fourth-order valence-electron chi connectivity index (χ4n) is 16.4. The Morgan fingerprint density at radius 1 is 0.380 bits per heavy atom. The molecule has 0 unspecified atom stereocenters. The maximum absolute atomic E-state index is 9.34. The van der Waals surface area contributed by atoms with Crippen LogP contribution >= 0.6 is 0 Å². The first-order valence-corrected chi connectivity index (χ1v) is 52.3. The molecule has 6 aliphatic heterocycles. The highest BCUT2D eigenvalue weighted by Gasteiger charge is 2.21. The summed E-state index contributed by atoms with van der Waals surface area (Å²) in [5.74, 6) is 6.29. The van der Waals surface area contributed by atoms with Gasteiger partial charge in [0.1, 0.15) is 34.6 Å². The maximum Gasteiger partial charge on any atom is 0.200 e. The first kappa shape index (κ1) is 153. The van der Waals surface area contributed by atoms with Gasteiger partial charge in [0.05, 0.1) is 19.8 Å². The van der Waals surface area contributed by atoms with Crippen LogP contribution in [0.3, 0.4) is 0 Å². The predicted molar refractivity (Wildman–Crippen MR) is 665 cm³/mol. The number of imidazole rings is 1. The Kier molecular flexibility index (Phi) is 84.8. The monoisotopic (exact) mass is 2090 g/mol. The van der Waals surface area contributed by atoms with Gasteiger partial charge in [-0.25, -0.2) is 9.97 Å². The Hall–Kier alpha value is -9.58. The van der Waals surface area contributed by atoms with Gasteiger partial charge in [0.2, 0.25) is 5.75 Å². The molecule has 8 heterocycles. The quantitative estimate of drug-likeness (QED) is 0.0234. The maximum atomic E-state index is 9.34. The Labute approximate surface area is 924 Å². The minimum atomic E-state index is -0.443. The van der Waals surface area contributed by atoms with Crippen molar-refractivity contribution in [2.75, 3.05) is 200 Å². The van der Waals surface area contributed by atoms with Crippen LogP contribution in [-0.2, 0) is 11.2 Å². The molecule has 862 valence electrons. The Morgan fingerprint density at radius 2 is 0.773 bits per heavy atom. The SMILES string of the molecule is C.C.C.C.C.C.C.C.C.C.C.CC(C)N1CCN(C)CC1.CC(C)N1CCOCC1.CC(C)c1c(O)cc(O)cc1O.CC(C)c1ccc(CCN2CCCC2)cc1.CC(C)c1ccc(N(C)C)cc1.CC(C)c1ccc(N2CCCC2)cc1.CC(C)c1ccc(N2CCN(C)CC2)cc1.CC(C)c1ccc(O)c(O)c1O.CC(C)c1ccc(OCCCN(C)C)cc1.CC(C)c1cccc(N2CCCC2)n1.CC(C)c1ncc[nH]1. The lowest BCUT2D eigenvalue weighted by Gasteiger charge is -2.34. The lowest BCUT2D eigenvalue weighted by Crippen LogP contribution is -2.47. The summed E-state index contributed by atoms with van der Waals surface area (Å²) in [7, 11) is 12.7. The normalized spacial score (nSPS) is 14.1. The van der Waals surface area contributed by atoms with Crippen LogP contribution in [-0.4, -0.2) is 267 Å². The number of rotatable bonds is 23. The summed E-state index contributed by atoms with van der Waals surface area (Å²) < 4.78 is 10.9. The number of aromatic nitrogens is 3. The van der Waals surface area contributed by atoms with Crippen LogP contribution in [0, 0.1) is 0 Å². The molecule has 150 heavy (non-hydrogen) atoms. The Bertz CT molecular complexity index is 4610. The number of pyridine rings is 1. The van der Waals surface area contributed by atoms with E-state index in [1.165, 1.54) is 204 Å². The molecule has 21 heteroatoms. The molecule has 21 nitrogen and oxygen atoms in total. The van der Waals surface area contributed by atoms with Gasteiger partial charge in [-0.15, -0.1) is 0 Å². The van der Waals surface area contributed by atoms with E-state index in [0.717, 1.165) is 82.4 Å². The van der Waals surface area contributed by atoms with E-state index in [1.54, 1.807) is 12.3 Å². The number of benzene rings is 7. The highest BCUT2D eigenvalue weighted by molar-refractivity contribution is 5.55. The van der Waals surface area contributed by atoms with Crippen molar-refractivity contribution >= 4 is 22.9 Å². The second kappa shape index (κ2) is 83.0. The van der Waals surface area contributed by atoms with E-state index in [2.05, 4.69) is 370 Å². The molecule has 0 amide bonds. The zero-order valence-corrected chi connectivity index (χ0v) is 91.5. The third kappa shape index (κ3) is 58.5. The zero-order valence-electron chi connectivity index (χ0n) is 91.5. The molecule has 0 bridgehead atoms. The number of likely N-dealkylation sites (N-methyl/N-ethyl adjacent to an activating group) is 2. The molecular weight excluding hydrogens is 1860 g/mol. The molecule has 7 aromatic carbocycles. The zero-order chi connectivity index (χ0) is 103. The summed E-state index contributed by atoms with van der Waals surface area (Å²) in [5, 5.41) is 55.1. The van der Waals surface area contributed by atoms with Gasteiger partial charge in [-0.3, -0.25) is 9.80 Å². The number of ether oxygens (including phenoxy) is 2. The number of anilines is 4. The number of nitrogens with one attached hydrogen (secondary N) is 1. The molecule has 15 rings (SSSR count). The highest BCUT2D eigenvalue weighted by atomic mass is 16.5. The third-order valence-electron chi connectivity index (χ3n) is 26.0. The number of hydrogen-bond donors (Lipinski definition) is 7. The largest absolute Gasteiger partial charge is 0.508 e. The molecule has 0 saturated carbocycles. The molecule has 0 atom stereocenters. The van der Waals surface area contributed by atoms with Crippen molar-refractivity contribution in [3.63, 3.8) is 0 Å². The topological polar surface area (TPSA) is 214 Å². The molecule has 2 aromatic heterocycles. The minimum Gasteiger partial charge on any atom is -0.508 e. The number of morpholine rings is 1. The van der Waals surface area contributed by atoms with E-state index in [-0.39, 0.29) is 122 Å². The number of likely N-dealkylation sites (tertiary alicyclic amines) is 1. The fraction of sp³-hybridized carbons (Fsp3) is 0.612. The van der Waals surface area contributed by atoms with Gasteiger partial charge < -0.3 is 84.3 Å². The average molecular weight is 2090 g/mol. The lowest BCUT2D eigenvalue weighted by molar-refractivity contribution is 0.0238. The van der Waals surface area contributed by atoms with Crippen LogP contribution in [0.5, 0.6) is 40.2 Å². The van der Waals surface area contributed by atoms with Crippen LogP contribution in [0.1, 0.15) is 388 Å². The van der Waals surface area contributed by atoms with Crippen molar-refractivity contribution < 1.29 is 40.1 Å². The molecule has 6 saturated heterocycles.